The summed E-state index contributed by atoms with van der Waals surface area (Å²) >= 11 is 0. The molecule has 3 aliphatic rings. The number of hydrogen-bond acceptors (Lipinski definition) is 4. The van der Waals surface area contributed by atoms with E-state index in [2.05, 4.69) is 10.2 Å². The molecule has 3 fully saturated rings. The highest BCUT2D eigenvalue weighted by molar-refractivity contribution is 5.96. The zero-order valence-corrected chi connectivity index (χ0v) is 20.6. The first-order chi connectivity index (χ1) is 17.7. The maximum Gasteiger partial charge on any atom is 0.416 e. The van der Waals surface area contributed by atoms with Gasteiger partial charge < -0.3 is 15.3 Å². The molecule has 198 valence electrons. The number of nitrogens with one attached hydrogen (secondary N) is 1. The SMILES string of the molecule is O=C(NCC(=O)N1CCC2C1CCN2[C@H]1CC[C@](O)(c2ccccc2)CC1)c1cccc(C(F)(F)F)c1. The van der Waals surface area contributed by atoms with E-state index in [1.807, 2.05) is 35.2 Å². The van der Waals surface area contributed by atoms with E-state index < -0.39 is 23.2 Å². The number of fused-ring (bicyclic) bond motifs is 1. The zero-order chi connectivity index (χ0) is 26.2. The summed E-state index contributed by atoms with van der Waals surface area (Å²) in [5, 5.41) is 13.7. The molecule has 37 heavy (non-hydrogen) atoms. The van der Waals surface area contributed by atoms with Gasteiger partial charge in [0.25, 0.3) is 5.91 Å². The van der Waals surface area contributed by atoms with Crippen LogP contribution in [0.2, 0.25) is 0 Å². The molecule has 2 aromatic rings. The van der Waals surface area contributed by atoms with Gasteiger partial charge in [0.15, 0.2) is 0 Å². The zero-order valence-electron chi connectivity index (χ0n) is 20.6. The van der Waals surface area contributed by atoms with Crippen LogP contribution in [0.25, 0.3) is 0 Å². The van der Waals surface area contributed by atoms with E-state index in [0.29, 0.717) is 25.4 Å². The second-order valence-corrected chi connectivity index (χ2v) is 10.4. The van der Waals surface area contributed by atoms with E-state index >= 15 is 0 Å². The molecule has 0 radical (unpaired) electrons. The number of alkyl halides is 3. The number of rotatable bonds is 5. The lowest BCUT2D eigenvalue weighted by molar-refractivity contribution is -0.137. The topological polar surface area (TPSA) is 72.9 Å². The van der Waals surface area contributed by atoms with Crippen molar-refractivity contribution in [3.63, 3.8) is 0 Å². The fraction of sp³-hybridized carbons (Fsp3) is 0.500. The van der Waals surface area contributed by atoms with Crippen LogP contribution in [0.4, 0.5) is 13.2 Å². The number of likely N-dealkylation sites (tertiary alicyclic amines) is 2. The molecular formula is C28H32F3N3O3. The van der Waals surface area contributed by atoms with Crippen molar-refractivity contribution >= 4 is 11.8 Å². The summed E-state index contributed by atoms with van der Waals surface area (Å²) in [5.41, 5.74) is -0.837. The predicted molar refractivity (Wildman–Crippen MR) is 132 cm³/mol. The van der Waals surface area contributed by atoms with Gasteiger partial charge in [0.1, 0.15) is 0 Å². The Bertz CT molecular complexity index is 1130. The Morgan fingerprint density at radius 2 is 1.65 bits per heavy atom. The average molecular weight is 516 g/mol. The Morgan fingerprint density at radius 1 is 0.946 bits per heavy atom. The third kappa shape index (κ3) is 5.25. The van der Waals surface area contributed by atoms with Gasteiger partial charge >= 0.3 is 6.18 Å². The molecule has 2 unspecified atom stereocenters. The fourth-order valence-corrected chi connectivity index (χ4v) is 6.43. The number of aliphatic hydroxyl groups is 1. The highest BCUT2D eigenvalue weighted by atomic mass is 19.4. The molecular weight excluding hydrogens is 483 g/mol. The third-order valence-corrected chi connectivity index (χ3v) is 8.35. The molecule has 6 nitrogen and oxygen atoms in total. The molecule has 2 atom stereocenters. The smallest absolute Gasteiger partial charge is 0.385 e. The number of carbonyl (C=O) groups excluding carboxylic acids is 2. The van der Waals surface area contributed by atoms with Crippen molar-refractivity contribution in [1.82, 2.24) is 15.1 Å². The van der Waals surface area contributed by atoms with Crippen molar-refractivity contribution in [2.45, 2.75) is 68.4 Å². The molecule has 0 aromatic heterocycles. The molecule has 2 heterocycles. The number of halogens is 3. The first-order valence-electron chi connectivity index (χ1n) is 12.9. The Morgan fingerprint density at radius 3 is 2.35 bits per heavy atom. The summed E-state index contributed by atoms with van der Waals surface area (Å²) in [6.07, 6.45) is 0.392. The molecule has 2 aliphatic heterocycles. The van der Waals surface area contributed by atoms with E-state index in [-0.39, 0.29) is 30.1 Å². The van der Waals surface area contributed by atoms with Crippen molar-refractivity contribution in [1.29, 1.82) is 0 Å². The summed E-state index contributed by atoms with van der Waals surface area (Å²) in [4.78, 5) is 29.7. The van der Waals surface area contributed by atoms with E-state index in [0.717, 1.165) is 49.9 Å². The molecule has 2 N–H and O–H groups in total. The molecule has 9 heteroatoms. The summed E-state index contributed by atoms with van der Waals surface area (Å²) in [6, 6.07) is 14.7. The van der Waals surface area contributed by atoms with Gasteiger partial charge in [-0.2, -0.15) is 13.2 Å². The fourth-order valence-electron chi connectivity index (χ4n) is 6.43. The Hall–Kier alpha value is -2.91. The van der Waals surface area contributed by atoms with Gasteiger partial charge in [0, 0.05) is 36.8 Å². The molecule has 1 aliphatic carbocycles. The summed E-state index contributed by atoms with van der Waals surface area (Å²) in [7, 11) is 0. The normalized spacial score (nSPS) is 28.2. The van der Waals surface area contributed by atoms with Gasteiger partial charge in [0.2, 0.25) is 5.91 Å². The minimum atomic E-state index is -4.54. The molecule has 2 aromatic carbocycles. The minimum absolute atomic E-state index is 0.0768. The third-order valence-electron chi connectivity index (χ3n) is 8.35. The summed E-state index contributed by atoms with van der Waals surface area (Å²) < 4.78 is 38.8. The van der Waals surface area contributed by atoms with Crippen molar-refractivity contribution in [3.8, 4) is 0 Å². The Kier molecular flexibility index (Phi) is 7.02. The number of benzene rings is 2. The van der Waals surface area contributed by atoms with Crippen molar-refractivity contribution in [3.05, 3.63) is 71.3 Å². The van der Waals surface area contributed by atoms with Gasteiger partial charge in [-0.3, -0.25) is 14.5 Å². The quantitative estimate of drug-likeness (QED) is 0.633. The molecule has 0 bridgehead atoms. The number of hydrogen-bond donors (Lipinski definition) is 2. The van der Waals surface area contributed by atoms with Crippen LogP contribution in [0.15, 0.2) is 54.6 Å². The maximum atomic E-state index is 13.0. The molecule has 0 spiro atoms. The molecule has 5 rings (SSSR count). The number of amides is 2. The molecule has 1 saturated carbocycles. The average Bonchev–Trinajstić information content (AvgIpc) is 3.50. The van der Waals surface area contributed by atoms with E-state index in [4.69, 9.17) is 0 Å². The predicted octanol–water partition coefficient (Wildman–Crippen LogP) is 3.94. The van der Waals surface area contributed by atoms with E-state index in [9.17, 15) is 27.9 Å². The maximum absolute atomic E-state index is 13.0. The number of nitrogens with zero attached hydrogens (tertiary/aromatic N) is 2. The van der Waals surface area contributed by atoms with E-state index in [1.54, 1.807) is 0 Å². The van der Waals surface area contributed by atoms with Crippen LogP contribution in [0.5, 0.6) is 0 Å². The largest absolute Gasteiger partial charge is 0.416 e. The first kappa shape index (κ1) is 25.7. The van der Waals surface area contributed by atoms with Gasteiger partial charge in [-0.25, -0.2) is 0 Å². The first-order valence-corrected chi connectivity index (χ1v) is 12.9. The number of carbonyl (C=O) groups is 2. The van der Waals surface area contributed by atoms with Gasteiger partial charge in [0.05, 0.1) is 17.7 Å². The van der Waals surface area contributed by atoms with Crippen LogP contribution >= 0.6 is 0 Å². The summed E-state index contributed by atoms with van der Waals surface area (Å²) in [5.74, 6) is -0.909. The lowest BCUT2D eigenvalue weighted by Gasteiger charge is -2.41. The van der Waals surface area contributed by atoms with Crippen LogP contribution in [-0.4, -0.2) is 64.5 Å². The second kappa shape index (κ2) is 10.1. The van der Waals surface area contributed by atoms with Crippen LogP contribution in [-0.2, 0) is 16.6 Å². The van der Waals surface area contributed by atoms with Crippen molar-refractivity contribution < 1.29 is 27.9 Å². The highest BCUT2D eigenvalue weighted by Gasteiger charge is 2.48. The Labute approximate surface area is 214 Å². The van der Waals surface area contributed by atoms with Crippen LogP contribution in [0.1, 0.15) is 60.0 Å². The second-order valence-electron chi connectivity index (χ2n) is 10.4. The lowest BCUT2D eigenvalue weighted by atomic mass is 9.77. The summed E-state index contributed by atoms with van der Waals surface area (Å²) in [6.45, 7) is 1.25. The standard InChI is InChI=1S/C28H32F3N3O3/c29-28(30,31)21-8-4-5-19(17-21)26(36)32-18-25(35)34-16-12-23-24(34)11-15-33(23)22-9-13-27(37,14-10-22)20-6-2-1-3-7-20/h1-8,17,22-24,37H,9-16,18H2,(H,32,36)/t22-,23?,24?,27+. The van der Waals surface area contributed by atoms with Crippen molar-refractivity contribution in [2.24, 2.45) is 0 Å². The van der Waals surface area contributed by atoms with Crippen LogP contribution < -0.4 is 5.32 Å². The van der Waals surface area contributed by atoms with Gasteiger partial charge in [-0.1, -0.05) is 36.4 Å². The minimum Gasteiger partial charge on any atom is -0.385 e. The van der Waals surface area contributed by atoms with Gasteiger partial charge in [-0.15, -0.1) is 0 Å². The molecule has 2 saturated heterocycles. The highest BCUT2D eigenvalue weighted by Crippen LogP contribution is 2.42. The monoisotopic (exact) mass is 515 g/mol. The Balaban J connectivity index is 1.14. The van der Waals surface area contributed by atoms with Gasteiger partial charge in [-0.05, 0) is 62.3 Å². The van der Waals surface area contributed by atoms with Crippen LogP contribution in [0.3, 0.4) is 0 Å². The molecule has 2 amide bonds. The van der Waals surface area contributed by atoms with E-state index in [1.165, 1.54) is 12.1 Å². The van der Waals surface area contributed by atoms with Crippen LogP contribution in [0, 0.1) is 0 Å². The van der Waals surface area contributed by atoms with Crippen molar-refractivity contribution in [2.75, 3.05) is 19.6 Å². The lowest BCUT2D eigenvalue weighted by Crippen LogP contribution is -2.47.